The minimum absolute atomic E-state index is 0.0897. The van der Waals surface area contributed by atoms with Crippen LogP contribution < -0.4 is 15.8 Å². The van der Waals surface area contributed by atoms with Gasteiger partial charge in [-0.3, -0.25) is 4.79 Å². The minimum atomic E-state index is -0.0897. The van der Waals surface area contributed by atoms with Gasteiger partial charge in [0.2, 0.25) is 0 Å². The third kappa shape index (κ3) is 3.82. The Labute approximate surface area is 120 Å². The van der Waals surface area contributed by atoms with Crippen molar-refractivity contribution in [2.75, 3.05) is 24.5 Å². The molecule has 0 aliphatic carbocycles. The number of piperidine rings is 1. The molecule has 0 amide bonds. The molecule has 0 aromatic carbocycles. The summed E-state index contributed by atoms with van der Waals surface area (Å²) in [6, 6.07) is 0.464. The minimum Gasteiger partial charge on any atom is -0.350 e. The summed E-state index contributed by atoms with van der Waals surface area (Å²) in [6.45, 7) is 7.36. The summed E-state index contributed by atoms with van der Waals surface area (Å²) >= 11 is 0. The molecular weight excluding hydrogens is 252 g/mol. The van der Waals surface area contributed by atoms with E-state index in [1.807, 2.05) is 0 Å². The molecule has 0 radical (unpaired) electrons. The lowest BCUT2D eigenvalue weighted by molar-refractivity contribution is 0.369. The summed E-state index contributed by atoms with van der Waals surface area (Å²) < 4.78 is 0. The summed E-state index contributed by atoms with van der Waals surface area (Å²) in [6.07, 6.45) is 7.97. The van der Waals surface area contributed by atoms with E-state index < -0.39 is 0 Å². The summed E-state index contributed by atoms with van der Waals surface area (Å²) in [5, 5.41) is 3.66. The van der Waals surface area contributed by atoms with Gasteiger partial charge in [-0.1, -0.05) is 26.7 Å². The van der Waals surface area contributed by atoms with Gasteiger partial charge in [-0.2, -0.15) is 0 Å². The zero-order chi connectivity index (χ0) is 14.4. The number of aromatic amines is 1. The molecule has 1 atom stereocenters. The molecule has 112 valence electrons. The molecule has 2 N–H and O–H groups in total. The number of H-pyrrole nitrogens is 1. The molecule has 0 saturated carbocycles. The van der Waals surface area contributed by atoms with Crippen molar-refractivity contribution in [2.24, 2.45) is 5.92 Å². The molecule has 0 bridgehead atoms. The van der Waals surface area contributed by atoms with Gasteiger partial charge in [0, 0.05) is 31.5 Å². The average molecular weight is 278 g/mol. The Balaban J connectivity index is 1.92. The van der Waals surface area contributed by atoms with Crippen LogP contribution in [-0.2, 0) is 0 Å². The van der Waals surface area contributed by atoms with E-state index in [1.165, 1.54) is 19.3 Å². The van der Waals surface area contributed by atoms with E-state index in [0.29, 0.717) is 11.9 Å². The van der Waals surface area contributed by atoms with E-state index in [-0.39, 0.29) is 5.56 Å². The molecule has 0 unspecified atom stereocenters. The van der Waals surface area contributed by atoms with Crippen molar-refractivity contribution < 1.29 is 0 Å². The molecule has 5 heteroatoms. The van der Waals surface area contributed by atoms with Crippen LogP contribution in [-0.4, -0.2) is 35.6 Å². The summed E-state index contributed by atoms with van der Waals surface area (Å²) in [5.41, 5.74) is -0.0897. The van der Waals surface area contributed by atoms with Crippen LogP contribution in [0.4, 0.5) is 5.82 Å². The number of nitrogens with zero attached hydrogens (tertiary/aromatic N) is 2. The number of rotatable bonds is 6. The lowest BCUT2D eigenvalue weighted by Crippen LogP contribution is -2.48. The Bertz CT molecular complexity index is 455. The number of nitrogens with one attached hydrogen (secondary N) is 2. The van der Waals surface area contributed by atoms with Gasteiger partial charge in [0.1, 0.15) is 0 Å². The van der Waals surface area contributed by atoms with Crippen LogP contribution >= 0.6 is 0 Å². The first-order valence-corrected chi connectivity index (χ1v) is 7.76. The highest BCUT2D eigenvalue weighted by Gasteiger charge is 2.22. The van der Waals surface area contributed by atoms with E-state index >= 15 is 0 Å². The lowest BCUT2D eigenvalue weighted by Gasteiger charge is -2.34. The van der Waals surface area contributed by atoms with Crippen LogP contribution in [0.3, 0.4) is 0 Å². The Hall–Kier alpha value is -1.36. The van der Waals surface area contributed by atoms with Crippen LogP contribution in [0.25, 0.3) is 0 Å². The van der Waals surface area contributed by atoms with Gasteiger partial charge in [0.25, 0.3) is 5.56 Å². The highest BCUT2D eigenvalue weighted by atomic mass is 16.1. The highest BCUT2D eigenvalue weighted by molar-refractivity contribution is 5.36. The van der Waals surface area contributed by atoms with E-state index in [9.17, 15) is 4.79 Å². The maximum atomic E-state index is 11.8. The first-order valence-electron chi connectivity index (χ1n) is 7.76. The predicted molar refractivity (Wildman–Crippen MR) is 82.2 cm³/mol. The van der Waals surface area contributed by atoms with Crippen molar-refractivity contribution in [1.82, 2.24) is 15.3 Å². The highest BCUT2D eigenvalue weighted by Crippen LogP contribution is 2.15. The van der Waals surface area contributed by atoms with Crippen LogP contribution in [0.15, 0.2) is 17.2 Å². The van der Waals surface area contributed by atoms with Crippen LogP contribution in [0.5, 0.6) is 0 Å². The molecule has 1 aliphatic heterocycles. The maximum Gasteiger partial charge on any atom is 0.290 e. The summed E-state index contributed by atoms with van der Waals surface area (Å²) in [7, 11) is 0. The summed E-state index contributed by atoms with van der Waals surface area (Å²) in [5.74, 6) is 1.31. The molecule has 1 saturated heterocycles. The zero-order valence-electron chi connectivity index (χ0n) is 12.6. The second kappa shape index (κ2) is 7.43. The Kier molecular flexibility index (Phi) is 5.59. The average Bonchev–Trinajstić information content (AvgIpc) is 2.49. The number of hydrogen-bond donors (Lipinski definition) is 2. The summed E-state index contributed by atoms with van der Waals surface area (Å²) in [4.78, 5) is 20.8. The number of aromatic nitrogens is 2. The fraction of sp³-hybridized carbons (Fsp3) is 0.733. The zero-order valence-corrected chi connectivity index (χ0v) is 12.6. The smallest absolute Gasteiger partial charge is 0.290 e. The molecule has 20 heavy (non-hydrogen) atoms. The maximum absolute atomic E-state index is 11.8. The SMILES string of the molecule is CCC(CC)CN[C@@H]1CCCN(c2ncc[nH]c2=O)C1. The first kappa shape index (κ1) is 15.0. The second-order valence-electron chi connectivity index (χ2n) is 5.62. The third-order valence-electron chi connectivity index (χ3n) is 4.26. The molecule has 1 aromatic heterocycles. The Morgan fingerprint density at radius 1 is 1.50 bits per heavy atom. The van der Waals surface area contributed by atoms with Gasteiger partial charge < -0.3 is 15.2 Å². The molecule has 1 fully saturated rings. The lowest BCUT2D eigenvalue weighted by atomic mass is 10.0. The van der Waals surface area contributed by atoms with Gasteiger partial charge in [-0.15, -0.1) is 0 Å². The van der Waals surface area contributed by atoms with Gasteiger partial charge in [0.15, 0.2) is 5.82 Å². The molecule has 2 rings (SSSR count). The van der Waals surface area contributed by atoms with Crippen molar-refractivity contribution in [1.29, 1.82) is 0 Å². The fourth-order valence-electron chi connectivity index (χ4n) is 2.82. The van der Waals surface area contributed by atoms with Gasteiger partial charge in [0.05, 0.1) is 0 Å². The monoisotopic (exact) mass is 278 g/mol. The van der Waals surface area contributed by atoms with Crippen LogP contribution in [0.2, 0.25) is 0 Å². The van der Waals surface area contributed by atoms with Crippen molar-refractivity contribution in [3.05, 3.63) is 22.7 Å². The molecule has 0 spiro atoms. The molecule has 1 aromatic rings. The quantitative estimate of drug-likeness (QED) is 0.832. The van der Waals surface area contributed by atoms with Crippen LogP contribution in [0.1, 0.15) is 39.5 Å². The van der Waals surface area contributed by atoms with Gasteiger partial charge in [-0.25, -0.2) is 4.98 Å². The van der Waals surface area contributed by atoms with Crippen molar-refractivity contribution in [2.45, 2.75) is 45.6 Å². The van der Waals surface area contributed by atoms with E-state index in [2.05, 4.69) is 34.0 Å². The first-order chi connectivity index (χ1) is 9.74. The molecule has 5 nitrogen and oxygen atoms in total. The Morgan fingerprint density at radius 3 is 3.00 bits per heavy atom. The van der Waals surface area contributed by atoms with Crippen molar-refractivity contribution >= 4 is 5.82 Å². The van der Waals surface area contributed by atoms with Crippen molar-refractivity contribution in [3.63, 3.8) is 0 Å². The molecular formula is C15H26N4O. The Morgan fingerprint density at radius 2 is 2.30 bits per heavy atom. The third-order valence-corrected chi connectivity index (χ3v) is 4.26. The predicted octanol–water partition coefficient (Wildman–Crippen LogP) is 1.76. The molecule has 1 aliphatic rings. The fourth-order valence-corrected chi connectivity index (χ4v) is 2.82. The van der Waals surface area contributed by atoms with Crippen molar-refractivity contribution in [3.8, 4) is 0 Å². The topological polar surface area (TPSA) is 61.0 Å². The van der Waals surface area contributed by atoms with Gasteiger partial charge in [-0.05, 0) is 25.3 Å². The number of anilines is 1. The standard InChI is InChI=1S/C15H26N4O/c1-3-12(4-2)10-18-13-6-5-9-19(11-13)14-15(20)17-8-7-16-14/h7-8,12-13,18H,3-6,9-11H2,1-2H3,(H,17,20)/t13-/m1/s1. The van der Waals surface area contributed by atoms with E-state index in [4.69, 9.17) is 0 Å². The number of hydrogen-bond acceptors (Lipinski definition) is 4. The van der Waals surface area contributed by atoms with E-state index in [0.717, 1.165) is 32.0 Å². The normalized spacial score (nSPS) is 19.6. The molecule has 2 heterocycles. The van der Waals surface area contributed by atoms with Gasteiger partial charge >= 0.3 is 0 Å². The second-order valence-corrected chi connectivity index (χ2v) is 5.62. The van der Waals surface area contributed by atoms with E-state index in [1.54, 1.807) is 12.4 Å². The largest absolute Gasteiger partial charge is 0.350 e. The van der Waals surface area contributed by atoms with Crippen LogP contribution in [0, 0.1) is 5.92 Å².